The number of aliphatic hydroxyl groups excluding tert-OH is 1. The number of aliphatic hydroxyl groups is 1. The molecule has 2 N–H and O–H groups in total. The van der Waals surface area contributed by atoms with Crippen molar-refractivity contribution in [1.82, 2.24) is 4.90 Å². The quantitative estimate of drug-likeness (QED) is 0.133. The number of nitrogens with zero attached hydrogens (tertiary/aromatic N) is 1. The van der Waals surface area contributed by atoms with Crippen LogP contribution < -0.4 is 10.1 Å². The summed E-state index contributed by atoms with van der Waals surface area (Å²) < 4.78 is 25.8. The summed E-state index contributed by atoms with van der Waals surface area (Å²) in [7, 11) is 0. The zero-order valence-electron chi connectivity index (χ0n) is 27.8. The molecule has 258 valence electrons. The third kappa shape index (κ3) is 10.3. The van der Waals surface area contributed by atoms with E-state index in [1.165, 1.54) is 29.8 Å². The minimum Gasteiger partial charge on any atom is -0.489 e. The number of hydrogen-bond donors (Lipinski definition) is 2. The van der Waals surface area contributed by atoms with Crippen LogP contribution in [0, 0.1) is 18.7 Å². The first-order valence-corrected chi connectivity index (χ1v) is 17.3. The molecule has 1 saturated heterocycles. The fourth-order valence-electron chi connectivity index (χ4n) is 5.68. The molecule has 1 fully saturated rings. The van der Waals surface area contributed by atoms with Gasteiger partial charge in [-0.15, -0.1) is 0 Å². The Morgan fingerprint density at radius 3 is 2.14 bits per heavy atom. The predicted molar refractivity (Wildman–Crippen MR) is 196 cm³/mol. The number of rotatable bonds is 12. The number of para-hydroxylation sites is 1. The molecule has 6 rings (SSSR count). The maximum atomic E-state index is 14.1. The number of nitrogens with one attached hydrogen (secondary N) is 1. The Hall–Kier alpha value is -4.99. The topological polar surface area (TPSA) is 88.1 Å². The van der Waals surface area contributed by atoms with E-state index < -0.39 is 35.9 Å². The van der Waals surface area contributed by atoms with Crippen molar-refractivity contribution in [3.63, 3.8) is 0 Å². The summed E-state index contributed by atoms with van der Waals surface area (Å²) in [4.78, 5) is 27.8. The molecular weight excluding hydrogens is 699 g/mol. The molecule has 1 aliphatic heterocycles. The maximum absolute atomic E-state index is 14.1. The van der Waals surface area contributed by atoms with Crippen LogP contribution in [0.15, 0.2) is 138 Å². The zero-order chi connectivity index (χ0) is 35.3. The van der Waals surface area contributed by atoms with E-state index in [1.807, 2.05) is 97.1 Å². The molecule has 1 aliphatic rings. The molecule has 5 aromatic rings. The van der Waals surface area contributed by atoms with Crippen LogP contribution in [0.1, 0.15) is 47.2 Å². The van der Waals surface area contributed by atoms with Crippen LogP contribution in [0.4, 0.5) is 14.9 Å². The van der Waals surface area contributed by atoms with Gasteiger partial charge < -0.3 is 19.9 Å². The van der Waals surface area contributed by atoms with E-state index >= 15 is 0 Å². The first kappa shape index (κ1) is 36.3. The van der Waals surface area contributed by atoms with Gasteiger partial charge in [0.25, 0.3) is 0 Å². The predicted octanol–water partition coefficient (Wildman–Crippen LogP) is 9.42. The smallest absolute Gasteiger partial charge is 0.416 e. The van der Waals surface area contributed by atoms with Gasteiger partial charge in [-0.2, -0.15) is 0 Å². The summed E-state index contributed by atoms with van der Waals surface area (Å²) >= 11 is 3.55. The van der Waals surface area contributed by atoms with Crippen molar-refractivity contribution in [1.29, 1.82) is 0 Å². The molecule has 3 unspecified atom stereocenters. The van der Waals surface area contributed by atoms with Gasteiger partial charge in [0.1, 0.15) is 24.8 Å². The lowest BCUT2D eigenvalue weighted by Gasteiger charge is -2.32. The minimum absolute atomic E-state index is 0.121. The second kappa shape index (κ2) is 18.1. The molecule has 7 nitrogen and oxygen atoms in total. The SMILES string of the molecule is Cc1ccccc1.O=C1OCCN1C(=O)C(CCC(O)c1ccc(F)cc1)C(Nc1ccccc1)c1ccc(Br)cc1OCc1ccccc1. The second-order valence-electron chi connectivity index (χ2n) is 12.0. The number of carbonyl (C=O) groups is 2. The fourth-order valence-corrected chi connectivity index (χ4v) is 6.02. The van der Waals surface area contributed by atoms with Crippen molar-refractivity contribution in [2.75, 3.05) is 18.5 Å². The molecule has 0 bridgehead atoms. The molecule has 0 aromatic heterocycles. The first-order valence-electron chi connectivity index (χ1n) is 16.5. The Bertz CT molecular complexity index is 1810. The highest BCUT2D eigenvalue weighted by molar-refractivity contribution is 9.10. The summed E-state index contributed by atoms with van der Waals surface area (Å²) in [5, 5.41) is 14.5. The molecule has 0 radical (unpaired) electrons. The van der Waals surface area contributed by atoms with Crippen LogP contribution in [0.2, 0.25) is 0 Å². The lowest BCUT2D eigenvalue weighted by Crippen LogP contribution is -2.41. The highest BCUT2D eigenvalue weighted by Crippen LogP contribution is 2.39. The number of cyclic esters (lactones) is 1. The van der Waals surface area contributed by atoms with Gasteiger partial charge >= 0.3 is 6.09 Å². The van der Waals surface area contributed by atoms with Gasteiger partial charge in [0, 0.05) is 15.7 Å². The number of halogens is 2. The van der Waals surface area contributed by atoms with Crippen LogP contribution in [-0.2, 0) is 16.1 Å². The van der Waals surface area contributed by atoms with Crippen LogP contribution in [0.3, 0.4) is 0 Å². The number of ether oxygens (including phenoxy) is 2. The summed E-state index contributed by atoms with van der Waals surface area (Å²) in [6, 6.07) is 40.1. The van der Waals surface area contributed by atoms with E-state index in [-0.39, 0.29) is 26.0 Å². The largest absolute Gasteiger partial charge is 0.489 e. The molecule has 3 atom stereocenters. The number of carbonyl (C=O) groups excluding carboxylic acids is 2. The molecule has 0 saturated carbocycles. The number of aryl methyl sites for hydroxylation is 1. The number of anilines is 1. The highest BCUT2D eigenvalue weighted by atomic mass is 79.9. The van der Waals surface area contributed by atoms with Crippen LogP contribution >= 0.6 is 15.9 Å². The average Bonchev–Trinajstić information content (AvgIpc) is 3.57. The Morgan fingerprint density at radius 1 is 0.900 bits per heavy atom. The van der Waals surface area contributed by atoms with E-state index in [9.17, 15) is 19.1 Å². The van der Waals surface area contributed by atoms with Gasteiger partial charge in [-0.3, -0.25) is 4.79 Å². The monoisotopic (exact) mass is 738 g/mol. The highest BCUT2D eigenvalue weighted by Gasteiger charge is 2.39. The summed E-state index contributed by atoms with van der Waals surface area (Å²) in [6.45, 7) is 2.66. The van der Waals surface area contributed by atoms with Crippen molar-refractivity contribution in [3.05, 3.63) is 166 Å². The van der Waals surface area contributed by atoms with Crippen molar-refractivity contribution in [2.45, 2.75) is 38.5 Å². The normalized spacial score (nSPS) is 14.1. The minimum atomic E-state index is -0.947. The molecule has 0 spiro atoms. The molecule has 2 amide bonds. The third-order valence-corrected chi connectivity index (χ3v) is 8.83. The molecule has 9 heteroatoms. The standard InChI is InChI=1S/C34H32BrFN2O5.C7H8/c35-25-13-16-28(31(21-25)43-22-23-7-3-1-4-8-23)32(37-27-9-5-2-6-10-27)29(33(40)38-19-20-42-34(38)41)17-18-30(39)24-11-14-26(36)15-12-24;1-7-5-3-2-4-6-7/h1-16,21,29-30,32,37,39H,17-20,22H2;2-6H,1H3. The van der Waals surface area contributed by atoms with E-state index in [2.05, 4.69) is 40.3 Å². The van der Waals surface area contributed by atoms with Crippen LogP contribution in [0.5, 0.6) is 5.75 Å². The number of imide groups is 1. The summed E-state index contributed by atoms with van der Waals surface area (Å²) in [5.41, 5.74) is 4.32. The Labute approximate surface area is 300 Å². The number of benzene rings is 5. The van der Waals surface area contributed by atoms with E-state index in [0.717, 1.165) is 20.6 Å². The Morgan fingerprint density at radius 2 is 1.54 bits per heavy atom. The van der Waals surface area contributed by atoms with Crippen molar-refractivity contribution < 1.29 is 28.6 Å². The lowest BCUT2D eigenvalue weighted by atomic mass is 9.85. The van der Waals surface area contributed by atoms with Gasteiger partial charge in [-0.25, -0.2) is 14.1 Å². The fraction of sp³-hybridized carbons (Fsp3) is 0.220. The van der Waals surface area contributed by atoms with Gasteiger partial charge in [0.2, 0.25) is 5.91 Å². The molecule has 1 heterocycles. The molecule has 50 heavy (non-hydrogen) atoms. The van der Waals surface area contributed by atoms with Gasteiger partial charge in [-0.05, 0) is 67.3 Å². The first-order chi connectivity index (χ1) is 24.3. The Kier molecular flexibility index (Phi) is 13.2. The van der Waals surface area contributed by atoms with E-state index in [4.69, 9.17) is 9.47 Å². The summed E-state index contributed by atoms with van der Waals surface area (Å²) in [6.07, 6.45) is -1.24. The number of amides is 2. The molecule has 0 aliphatic carbocycles. The average molecular weight is 740 g/mol. The zero-order valence-corrected chi connectivity index (χ0v) is 29.3. The van der Waals surface area contributed by atoms with Gasteiger partial charge in [-0.1, -0.05) is 119 Å². The molecule has 5 aromatic carbocycles. The lowest BCUT2D eigenvalue weighted by molar-refractivity contribution is -0.133. The molecular formula is C41H40BrFN2O5. The van der Waals surface area contributed by atoms with Crippen molar-refractivity contribution >= 4 is 33.6 Å². The second-order valence-corrected chi connectivity index (χ2v) is 12.9. The van der Waals surface area contributed by atoms with E-state index in [0.29, 0.717) is 23.5 Å². The number of hydrogen-bond acceptors (Lipinski definition) is 6. The van der Waals surface area contributed by atoms with Crippen LogP contribution in [0.25, 0.3) is 0 Å². The maximum Gasteiger partial charge on any atom is 0.416 e. The van der Waals surface area contributed by atoms with Gasteiger partial charge in [0.05, 0.1) is 24.6 Å². The van der Waals surface area contributed by atoms with Crippen molar-refractivity contribution in [3.8, 4) is 5.75 Å². The van der Waals surface area contributed by atoms with E-state index in [1.54, 1.807) is 0 Å². The van der Waals surface area contributed by atoms with Crippen LogP contribution in [-0.4, -0.2) is 35.2 Å². The summed E-state index contributed by atoms with van der Waals surface area (Å²) in [5.74, 6) is -1.06. The Balaban J connectivity index is 0.000000619. The van der Waals surface area contributed by atoms with Crippen molar-refractivity contribution in [2.24, 2.45) is 5.92 Å². The van der Waals surface area contributed by atoms with Gasteiger partial charge in [0.15, 0.2) is 0 Å². The third-order valence-electron chi connectivity index (χ3n) is 8.34.